The number of piperazine rings is 1. The Bertz CT molecular complexity index is 725. The average Bonchev–Trinajstić information content (AvgIpc) is 2.63. The number of alkyl halides is 3. The van der Waals surface area contributed by atoms with E-state index < -0.39 is 17.3 Å². The largest absolute Gasteiger partial charge is 0.444 e. The molecule has 11 heteroatoms. The number of nitrogens with zero attached hydrogens (tertiary/aromatic N) is 4. The van der Waals surface area contributed by atoms with Crippen LogP contribution in [-0.4, -0.2) is 71.7 Å². The van der Waals surface area contributed by atoms with E-state index in [0.29, 0.717) is 26.2 Å². The van der Waals surface area contributed by atoms with Crippen LogP contribution in [0.5, 0.6) is 0 Å². The maximum absolute atomic E-state index is 12.9. The number of ether oxygens (including phenoxy) is 1. The summed E-state index contributed by atoms with van der Waals surface area (Å²) >= 11 is 0. The van der Waals surface area contributed by atoms with Crippen LogP contribution < -0.4 is 11.1 Å². The summed E-state index contributed by atoms with van der Waals surface area (Å²) in [4.78, 5) is 23.4. The summed E-state index contributed by atoms with van der Waals surface area (Å²) < 4.78 is 44.2. The molecule has 0 atom stereocenters. The highest BCUT2D eigenvalue weighted by atomic mass is 19.4. The first-order chi connectivity index (χ1) is 13.5. The molecule has 1 aromatic heterocycles. The van der Waals surface area contributed by atoms with E-state index in [1.165, 1.54) is 12.3 Å². The molecule has 1 aromatic rings. The van der Waals surface area contributed by atoms with Crippen LogP contribution in [0.25, 0.3) is 0 Å². The molecule has 0 saturated carbocycles. The number of aliphatic imine (C=N–C) groups is 1. The van der Waals surface area contributed by atoms with Gasteiger partial charge in [0.15, 0.2) is 5.96 Å². The Balaban J connectivity index is 1.80. The Hall–Kier alpha value is -2.72. The second kappa shape index (κ2) is 9.19. The van der Waals surface area contributed by atoms with Crippen LogP contribution in [0.1, 0.15) is 26.3 Å². The third-order valence-corrected chi connectivity index (χ3v) is 4.05. The summed E-state index contributed by atoms with van der Waals surface area (Å²) in [6.07, 6.45) is -3.56. The van der Waals surface area contributed by atoms with Crippen LogP contribution in [0, 0.1) is 0 Å². The van der Waals surface area contributed by atoms with Gasteiger partial charge in [-0.15, -0.1) is 0 Å². The van der Waals surface area contributed by atoms with Gasteiger partial charge in [0.05, 0.1) is 12.1 Å². The Kier molecular flexibility index (Phi) is 7.15. The first-order valence-corrected chi connectivity index (χ1v) is 9.26. The van der Waals surface area contributed by atoms with E-state index in [2.05, 4.69) is 15.3 Å². The minimum absolute atomic E-state index is 0.151. The SMILES string of the molecule is CC(C)(C)OC(=O)N1CCN(C(N)=NCCNc2ncccc2C(F)(F)F)CC1. The Morgan fingerprint density at radius 2 is 1.86 bits per heavy atom. The zero-order chi connectivity index (χ0) is 21.7. The molecular formula is C18H27F3N6O2. The Morgan fingerprint density at radius 3 is 2.45 bits per heavy atom. The lowest BCUT2D eigenvalue weighted by Gasteiger charge is -2.36. The molecule has 162 valence electrons. The molecule has 1 saturated heterocycles. The number of anilines is 1. The first-order valence-electron chi connectivity index (χ1n) is 9.26. The zero-order valence-corrected chi connectivity index (χ0v) is 16.8. The summed E-state index contributed by atoms with van der Waals surface area (Å²) in [6, 6.07) is 2.21. The molecule has 1 fully saturated rings. The topological polar surface area (TPSA) is 96.1 Å². The second-order valence-corrected chi connectivity index (χ2v) is 7.52. The molecule has 0 aliphatic carbocycles. The molecule has 1 amide bonds. The number of pyridine rings is 1. The lowest BCUT2D eigenvalue weighted by atomic mass is 10.2. The number of nitrogens with one attached hydrogen (secondary N) is 1. The molecule has 1 aliphatic rings. The zero-order valence-electron chi connectivity index (χ0n) is 16.8. The van der Waals surface area contributed by atoms with E-state index in [1.54, 1.807) is 4.90 Å². The predicted molar refractivity (Wildman–Crippen MR) is 104 cm³/mol. The van der Waals surface area contributed by atoms with Crippen LogP contribution in [0.3, 0.4) is 0 Å². The van der Waals surface area contributed by atoms with Crippen molar-refractivity contribution < 1.29 is 22.7 Å². The van der Waals surface area contributed by atoms with E-state index >= 15 is 0 Å². The number of guanidine groups is 1. The Labute approximate surface area is 167 Å². The van der Waals surface area contributed by atoms with Crippen molar-refractivity contribution in [1.29, 1.82) is 0 Å². The van der Waals surface area contributed by atoms with Crippen molar-refractivity contribution in [3.05, 3.63) is 23.9 Å². The lowest BCUT2D eigenvalue weighted by Crippen LogP contribution is -2.53. The first kappa shape index (κ1) is 22.6. The Morgan fingerprint density at radius 1 is 1.24 bits per heavy atom. The number of rotatable bonds is 4. The second-order valence-electron chi connectivity index (χ2n) is 7.52. The van der Waals surface area contributed by atoms with Gasteiger partial charge in [0.25, 0.3) is 0 Å². The number of carbonyl (C=O) groups is 1. The number of amides is 1. The molecule has 1 aliphatic heterocycles. The minimum atomic E-state index is -4.48. The monoisotopic (exact) mass is 416 g/mol. The van der Waals surface area contributed by atoms with Gasteiger partial charge in [-0.25, -0.2) is 9.78 Å². The molecule has 2 rings (SSSR count). The van der Waals surface area contributed by atoms with E-state index in [0.717, 1.165) is 6.07 Å². The van der Waals surface area contributed by atoms with Gasteiger partial charge < -0.3 is 25.6 Å². The van der Waals surface area contributed by atoms with Gasteiger partial charge in [-0.3, -0.25) is 4.99 Å². The molecule has 29 heavy (non-hydrogen) atoms. The maximum atomic E-state index is 12.9. The van der Waals surface area contributed by atoms with Crippen molar-refractivity contribution in [2.75, 3.05) is 44.6 Å². The molecule has 0 unspecified atom stereocenters. The van der Waals surface area contributed by atoms with Gasteiger partial charge in [-0.2, -0.15) is 13.2 Å². The van der Waals surface area contributed by atoms with Crippen LogP contribution in [0.4, 0.5) is 23.8 Å². The highest BCUT2D eigenvalue weighted by molar-refractivity contribution is 5.78. The van der Waals surface area contributed by atoms with Gasteiger partial charge in [-0.05, 0) is 32.9 Å². The summed E-state index contributed by atoms with van der Waals surface area (Å²) in [5, 5.41) is 2.64. The van der Waals surface area contributed by atoms with Crippen molar-refractivity contribution in [2.24, 2.45) is 10.7 Å². The molecule has 0 spiro atoms. The summed E-state index contributed by atoms with van der Waals surface area (Å²) in [5.74, 6) is 0.0486. The molecular weight excluding hydrogens is 389 g/mol. The summed E-state index contributed by atoms with van der Waals surface area (Å²) in [6.45, 7) is 7.66. The standard InChI is InChI=1S/C18H27F3N6O2/c1-17(2,3)29-16(28)27-11-9-26(10-12-27)15(22)25-8-7-24-14-13(18(19,20)21)5-4-6-23-14/h4-6H,7-12H2,1-3H3,(H2,22,25)(H,23,24). The molecule has 3 N–H and O–H groups in total. The quantitative estimate of drug-likeness (QED) is 0.445. The van der Waals surface area contributed by atoms with E-state index in [4.69, 9.17) is 10.5 Å². The van der Waals surface area contributed by atoms with Gasteiger partial charge in [0, 0.05) is 38.9 Å². The summed E-state index contributed by atoms with van der Waals surface area (Å²) in [7, 11) is 0. The van der Waals surface area contributed by atoms with Crippen molar-refractivity contribution in [2.45, 2.75) is 32.5 Å². The van der Waals surface area contributed by atoms with Gasteiger partial charge in [-0.1, -0.05) is 0 Å². The highest BCUT2D eigenvalue weighted by Gasteiger charge is 2.34. The number of hydrogen-bond acceptors (Lipinski definition) is 5. The van der Waals surface area contributed by atoms with Crippen molar-refractivity contribution in [1.82, 2.24) is 14.8 Å². The van der Waals surface area contributed by atoms with Gasteiger partial charge in [0.2, 0.25) is 0 Å². The van der Waals surface area contributed by atoms with Gasteiger partial charge in [0.1, 0.15) is 11.4 Å². The fraction of sp³-hybridized carbons (Fsp3) is 0.611. The summed E-state index contributed by atoms with van der Waals surface area (Å²) in [5.41, 5.74) is 4.59. The average molecular weight is 416 g/mol. The van der Waals surface area contributed by atoms with E-state index in [1.807, 2.05) is 25.7 Å². The van der Waals surface area contributed by atoms with Crippen LogP contribution in [-0.2, 0) is 10.9 Å². The lowest BCUT2D eigenvalue weighted by molar-refractivity contribution is -0.137. The fourth-order valence-electron chi connectivity index (χ4n) is 2.66. The van der Waals surface area contributed by atoms with Crippen LogP contribution in [0.2, 0.25) is 0 Å². The number of carbonyl (C=O) groups excluding carboxylic acids is 1. The van der Waals surface area contributed by atoms with Crippen molar-refractivity contribution in [3.8, 4) is 0 Å². The molecule has 2 heterocycles. The number of aromatic nitrogens is 1. The fourth-order valence-corrected chi connectivity index (χ4v) is 2.66. The van der Waals surface area contributed by atoms with E-state index in [-0.39, 0.29) is 31.0 Å². The van der Waals surface area contributed by atoms with E-state index in [9.17, 15) is 18.0 Å². The van der Waals surface area contributed by atoms with Crippen molar-refractivity contribution >= 4 is 17.9 Å². The van der Waals surface area contributed by atoms with Crippen molar-refractivity contribution in [3.63, 3.8) is 0 Å². The minimum Gasteiger partial charge on any atom is -0.444 e. The number of hydrogen-bond donors (Lipinski definition) is 2. The number of nitrogens with two attached hydrogens (primary N) is 1. The maximum Gasteiger partial charge on any atom is 0.419 e. The van der Waals surface area contributed by atoms with Crippen LogP contribution >= 0.6 is 0 Å². The predicted octanol–water partition coefficient (Wildman–Crippen LogP) is 2.38. The smallest absolute Gasteiger partial charge is 0.419 e. The third kappa shape index (κ3) is 6.99. The normalized spacial score (nSPS) is 16.0. The highest BCUT2D eigenvalue weighted by Crippen LogP contribution is 2.33. The molecule has 8 nitrogen and oxygen atoms in total. The molecule has 0 bridgehead atoms. The number of halogens is 3. The third-order valence-electron chi connectivity index (χ3n) is 4.05. The van der Waals surface area contributed by atoms with Gasteiger partial charge >= 0.3 is 12.3 Å². The molecule has 0 radical (unpaired) electrons. The molecule has 0 aromatic carbocycles. The van der Waals surface area contributed by atoms with Crippen LogP contribution in [0.15, 0.2) is 23.3 Å².